The molecule has 4 heteroatoms. The SMILES string of the molecule is CSc1cccc2c(C#N)c(-c3ccccc3)c(NC3CCCCC3)n12. The van der Waals surface area contributed by atoms with E-state index in [1.807, 2.05) is 24.3 Å². The van der Waals surface area contributed by atoms with Crippen LogP contribution in [0.5, 0.6) is 0 Å². The third kappa shape index (κ3) is 2.97. The lowest BCUT2D eigenvalue weighted by molar-refractivity contribution is 0.461. The summed E-state index contributed by atoms with van der Waals surface area (Å²) in [5.74, 6) is 1.07. The Morgan fingerprint density at radius 3 is 2.50 bits per heavy atom. The molecule has 1 aliphatic carbocycles. The summed E-state index contributed by atoms with van der Waals surface area (Å²) < 4.78 is 2.24. The number of aromatic nitrogens is 1. The Labute approximate surface area is 159 Å². The van der Waals surface area contributed by atoms with Gasteiger partial charge < -0.3 is 5.32 Å². The quantitative estimate of drug-likeness (QED) is 0.584. The molecule has 1 aromatic carbocycles. The lowest BCUT2D eigenvalue weighted by Crippen LogP contribution is -2.23. The molecule has 26 heavy (non-hydrogen) atoms. The first-order chi connectivity index (χ1) is 12.8. The van der Waals surface area contributed by atoms with E-state index in [4.69, 9.17) is 0 Å². The van der Waals surface area contributed by atoms with Crippen molar-refractivity contribution in [3.05, 3.63) is 54.1 Å². The largest absolute Gasteiger partial charge is 0.368 e. The average Bonchev–Trinajstić information content (AvgIpc) is 3.03. The van der Waals surface area contributed by atoms with Gasteiger partial charge in [-0.2, -0.15) is 5.26 Å². The minimum Gasteiger partial charge on any atom is -0.368 e. The van der Waals surface area contributed by atoms with E-state index in [0.29, 0.717) is 6.04 Å². The van der Waals surface area contributed by atoms with Crippen LogP contribution in [0.3, 0.4) is 0 Å². The van der Waals surface area contributed by atoms with E-state index >= 15 is 0 Å². The molecule has 3 aromatic rings. The minimum absolute atomic E-state index is 0.478. The first-order valence-corrected chi connectivity index (χ1v) is 10.5. The Morgan fingerprint density at radius 2 is 1.81 bits per heavy atom. The highest BCUT2D eigenvalue weighted by molar-refractivity contribution is 7.98. The number of fused-ring (bicyclic) bond motifs is 1. The van der Waals surface area contributed by atoms with E-state index < -0.39 is 0 Å². The van der Waals surface area contributed by atoms with E-state index in [-0.39, 0.29) is 0 Å². The van der Waals surface area contributed by atoms with Gasteiger partial charge >= 0.3 is 0 Å². The lowest BCUT2D eigenvalue weighted by Gasteiger charge is -2.25. The van der Waals surface area contributed by atoms with Crippen molar-refractivity contribution >= 4 is 23.1 Å². The smallest absolute Gasteiger partial charge is 0.121 e. The highest BCUT2D eigenvalue weighted by Gasteiger charge is 2.24. The third-order valence-corrected chi connectivity index (χ3v) is 5.99. The van der Waals surface area contributed by atoms with Crippen molar-refractivity contribution in [3.63, 3.8) is 0 Å². The summed E-state index contributed by atoms with van der Waals surface area (Å²) in [6.45, 7) is 0. The van der Waals surface area contributed by atoms with E-state index in [1.54, 1.807) is 11.8 Å². The van der Waals surface area contributed by atoms with Crippen molar-refractivity contribution in [1.29, 1.82) is 5.26 Å². The molecule has 0 saturated heterocycles. The van der Waals surface area contributed by atoms with Gasteiger partial charge in [0.2, 0.25) is 0 Å². The second kappa shape index (κ2) is 7.47. The Balaban J connectivity index is 1.97. The maximum Gasteiger partial charge on any atom is 0.121 e. The van der Waals surface area contributed by atoms with Gasteiger partial charge in [-0.3, -0.25) is 4.40 Å². The first kappa shape index (κ1) is 17.1. The van der Waals surface area contributed by atoms with Crippen molar-refractivity contribution in [2.24, 2.45) is 0 Å². The van der Waals surface area contributed by atoms with Crippen LogP contribution in [0.25, 0.3) is 16.6 Å². The molecule has 132 valence electrons. The minimum atomic E-state index is 0.478. The lowest BCUT2D eigenvalue weighted by atomic mass is 9.95. The van der Waals surface area contributed by atoms with Crippen LogP contribution in [0.1, 0.15) is 37.7 Å². The summed E-state index contributed by atoms with van der Waals surface area (Å²) in [5, 5.41) is 14.9. The van der Waals surface area contributed by atoms with Crippen LogP contribution in [0.15, 0.2) is 53.6 Å². The van der Waals surface area contributed by atoms with Gasteiger partial charge in [0, 0.05) is 11.6 Å². The number of nitrogens with zero attached hydrogens (tertiary/aromatic N) is 2. The standard InChI is InChI=1S/C22H23N3S/c1-26-20-14-8-13-19-18(15-23)21(16-9-4-2-5-10-16)22(25(19)20)24-17-11-6-3-7-12-17/h2,4-5,8-10,13-14,17,24H,3,6-7,11-12H2,1H3. The number of rotatable bonds is 4. The number of hydrogen-bond acceptors (Lipinski definition) is 3. The Hall–Kier alpha value is -2.38. The van der Waals surface area contributed by atoms with Gasteiger partial charge in [0.1, 0.15) is 11.9 Å². The molecule has 0 unspecified atom stereocenters. The molecule has 0 radical (unpaired) electrons. The van der Waals surface area contributed by atoms with Gasteiger partial charge in [-0.1, -0.05) is 55.7 Å². The number of nitrogens with one attached hydrogen (secondary N) is 1. The van der Waals surface area contributed by atoms with Crippen molar-refractivity contribution in [2.75, 3.05) is 11.6 Å². The molecular formula is C22H23N3S. The molecule has 1 N–H and O–H groups in total. The third-order valence-electron chi connectivity index (χ3n) is 5.25. The van der Waals surface area contributed by atoms with Gasteiger partial charge in [-0.25, -0.2) is 0 Å². The molecule has 1 aliphatic rings. The normalized spacial score (nSPS) is 15.1. The predicted molar refractivity (Wildman–Crippen MR) is 110 cm³/mol. The number of hydrogen-bond donors (Lipinski definition) is 1. The van der Waals surface area contributed by atoms with Crippen LogP contribution >= 0.6 is 11.8 Å². The van der Waals surface area contributed by atoms with Gasteiger partial charge in [-0.05, 0) is 36.8 Å². The maximum absolute atomic E-state index is 9.96. The Kier molecular flexibility index (Phi) is 4.90. The summed E-state index contributed by atoms with van der Waals surface area (Å²) in [6, 6.07) is 19.5. The van der Waals surface area contributed by atoms with Crippen LogP contribution < -0.4 is 5.32 Å². The first-order valence-electron chi connectivity index (χ1n) is 9.27. The molecule has 1 fully saturated rings. The van der Waals surface area contributed by atoms with E-state index in [9.17, 15) is 5.26 Å². The topological polar surface area (TPSA) is 40.2 Å². The summed E-state index contributed by atoms with van der Waals surface area (Å²) in [6.07, 6.45) is 8.38. The van der Waals surface area contributed by atoms with E-state index in [1.165, 1.54) is 32.1 Å². The molecule has 3 nitrogen and oxygen atoms in total. The molecule has 0 spiro atoms. The fraction of sp³-hybridized carbons (Fsp3) is 0.318. The number of benzene rings is 1. The fourth-order valence-electron chi connectivity index (χ4n) is 4.01. The molecule has 0 aliphatic heterocycles. The molecule has 1 saturated carbocycles. The maximum atomic E-state index is 9.96. The Morgan fingerprint density at radius 1 is 1.04 bits per heavy atom. The molecule has 4 rings (SSSR count). The predicted octanol–water partition coefficient (Wildman–Crippen LogP) is 5.94. The number of anilines is 1. The van der Waals surface area contributed by atoms with Crippen LogP contribution in [0.4, 0.5) is 5.82 Å². The second-order valence-electron chi connectivity index (χ2n) is 6.84. The number of pyridine rings is 1. The van der Waals surface area contributed by atoms with Crippen molar-refractivity contribution in [1.82, 2.24) is 4.40 Å². The number of thioether (sulfide) groups is 1. The van der Waals surface area contributed by atoms with Crippen LogP contribution in [0.2, 0.25) is 0 Å². The van der Waals surface area contributed by atoms with Gasteiger partial charge in [0.15, 0.2) is 0 Å². The van der Waals surface area contributed by atoms with Crippen LogP contribution in [-0.4, -0.2) is 16.7 Å². The summed E-state index contributed by atoms with van der Waals surface area (Å²) in [4.78, 5) is 0. The monoisotopic (exact) mass is 361 g/mol. The second-order valence-corrected chi connectivity index (χ2v) is 7.67. The molecule has 0 bridgehead atoms. The Bertz CT molecular complexity index is 947. The fourth-order valence-corrected chi connectivity index (χ4v) is 4.60. The highest BCUT2D eigenvalue weighted by Crippen LogP contribution is 2.40. The molecule has 0 atom stereocenters. The van der Waals surface area contributed by atoms with Crippen molar-refractivity contribution in [3.8, 4) is 17.2 Å². The van der Waals surface area contributed by atoms with Gasteiger partial charge in [-0.15, -0.1) is 11.8 Å². The van der Waals surface area contributed by atoms with Crippen LogP contribution in [-0.2, 0) is 0 Å². The highest BCUT2D eigenvalue weighted by atomic mass is 32.2. The summed E-state index contributed by atoms with van der Waals surface area (Å²) >= 11 is 1.72. The van der Waals surface area contributed by atoms with E-state index in [0.717, 1.165) is 33.1 Å². The van der Waals surface area contributed by atoms with Gasteiger partial charge in [0.05, 0.1) is 16.1 Å². The zero-order chi connectivity index (χ0) is 17.9. The van der Waals surface area contributed by atoms with Gasteiger partial charge in [0.25, 0.3) is 0 Å². The van der Waals surface area contributed by atoms with E-state index in [2.05, 4.69) is 46.3 Å². The summed E-state index contributed by atoms with van der Waals surface area (Å²) in [7, 11) is 0. The van der Waals surface area contributed by atoms with Crippen molar-refractivity contribution < 1.29 is 0 Å². The number of nitriles is 1. The van der Waals surface area contributed by atoms with Crippen LogP contribution in [0, 0.1) is 11.3 Å². The zero-order valence-electron chi connectivity index (χ0n) is 15.0. The van der Waals surface area contributed by atoms with Crippen molar-refractivity contribution in [2.45, 2.75) is 43.2 Å². The zero-order valence-corrected chi connectivity index (χ0v) is 15.9. The molecule has 0 amide bonds. The molecule has 2 aromatic heterocycles. The molecular weight excluding hydrogens is 338 g/mol. The average molecular weight is 362 g/mol. The summed E-state index contributed by atoms with van der Waals surface area (Å²) in [5.41, 5.74) is 3.86. The molecule has 2 heterocycles.